The minimum absolute atomic E-state index is 0.00494. The number of rotatable bonds is 1. The van der Waals surface area contributed by atoms with E-state index >= 15 is 0 Å². The molecule has 0 radical (unpaired) electrons. The van der Waals surface area contributed by atoms with Crippen LogP contribution in [0.5, 0.6) is 0 Å². The number of ketones is 2. The Hall–Kier alpha value is -1.25. The van der Waals surface area contributed by atoms with Gasteiger partial charge in [-0.15, -0.1) is 0 Å². The molecule has 0 bridgehead atoms. The summed E-state index contributed by atoms with van der Waals surface area (Å²) in [6.07, 6.45) is 4.73. The molecule has 0 N–H and O–H groups in total. The van der Waals surface area contributed by atoms with Gasteiger partial charge in [0.2, 0.25) is 0 Å². The van der Waals surface area contributed by atoms with Gasteiger partial charge in [0, 0.05) is 29.2 Å². The molecular formula is C20H28O3. The molecular weight excluding hydrogens is 288 g/mol. The largest absolute Gasteiger partial charge is 0.299 e. The molecule has 23 heavy (non-hydrogen) atoms. The van der Waals surface area contributed by atoms with Crippen molar-refractivity contribution in [3.8, 4) is 0 Å². The van der Waals surface area contributed by atoms with Crippen molar-refractivity contribution < 1.29 is 14.4 Å². The van der Waals surface area contributed by atoms with E-state index in [1.54, 1.807) is 6.92 Å². The van der Waals surface area contributed by atoms with Crippen LogP contribution in [0.2, 0.25) is 0 Å². The monoisotopic (exact) mass is 316 g/mol. The lowest BCUT2D eigenvalue weighted by Crippen LogP contribution is -2.56. The van der Waals surface area contributed by atoms with E-state index in [4.69, 9.17) is 0 Å². The van der Waals surface area contributed by atoms with Crippen LogP contribution in [-0.4, -0.2) is 17.9 Å². The average molecular weight is 316 g/mol. The molecule has 3 nitrogen and oxygen atoms in total. The second-order valence-electron chi connectivity index (χ2n) is 9.02. The fourth-order valence-electron chi connectivity index (χ4n) is 6.44. The second-order valence-corrected chi connectivity index (χ2v) is 9.02. The van der Waals surface area contributed by atoms with Crippen molar-refractivity contribution >= 4 is 17.9 Å². The smallest absolute Gasteiger partial charge is 0.160 e. The Labute approximate surface area is 138 Å². The van der Waals surface area contributed by atoms with E-state index in [0.29, 0.717) is 30.1 Å². The lowest BCUT2D eigenvalue weighted by atomic mass is 9.43. The fraction of sp³-hybridized carbons (Fsp3) is 0.750. The van der Waals surface area contributed by atoms with Crippen molar-refractivity contribution in [1.82, 2.24) is 0 Å². The van der Waals surface area contributed by atoms with Crippen LogP contribution in [0.15, 0.2) is 11.1 Å². The van der Waals surface area contributed by atoms with E-state index in [1.165, 1.54) is 0 Å². The lowest BCUT2D eigenvalue weighted by Gasteiger charge is -2.60. The highest BCUT2D eigenvalue weighted by Gasteiger charge is 2.64. The number of carbonyl (C=O) groups is 3. The molecule has 0 amide bonds. The molecule has 3 fully saturated rings. The summed E-state index contributed by atoms with van der Waals surface area (Å²) in [5.74, 6) is 1.10. The van der Waals surface area contributed by atoms with E-state index in [9.17, 15) is 14.4 Å². The first-order valence-electron chi connectivity index (χ1n) is 8.82. The van der Waals surface area contributed by atoms with Gasteiger partial charge in [-0.2, -0.15) is 0 Å². The summed E-state index contributed by atoms with van der Waals surface area (Å²) < 4.78 is 0. The number of Topliss-reactive ketones (excluding diaryl/α,β-unsaturated/α-hetero) is 2. The van der Waals surface area contributed by atoms with Gasteiger partial charge in [-0.25, -0.2) is 0 Å². The zero-order valence-electron chi connectivity index (χ0n) is 15.0. The van der Waals surface area contributed by atoms with Crippen molar-refractivity contribution in [3.63, 3.8) is 0 Å². The Balaban J connectivity index is 2.11. The molecule has 0 saturated heterocycles. The highest BCUT2D eigenvalue weighted by atomic mass is 16.1. The normalized spacial score (nSPS) is 44.6. The summed E-state index contributed by atoms with van der Waals surface area (Å²) >= 11 is 0. The van der Waals surface area contributed by atoms with Gasteiger partial charge in [-0.05, 0) is 49.0 Å². The van der Waals surface area contributed by atoms with Crippen LogP contribution in [0.1, 0.15) is 66.7 Å². The number of carbonyl (C=O) groups excluding carboxylic acids is 3. The molecule has 0 aliphatic heterocycles. The van der Waals surface area contributed by atoms with E-state index in [1.807, 2.05) is 0 Å². The molecule has 3 heteroatoms. The summed E-state index contributed by atoms with van der Waals surface area (Å²) in [5, 5.41) is 0. The van der Waals surface area contributed by atoms with E-state index in [0.717, 1.165) is 31.1 Å². The predicted octanol–water partition coefficient (Wildman–Crippen LogP) is 3.90. The predicted molar refractivity (Wildman–Crippen MR) is 88.8 cm³/mol. The van der Waals surface area contributed by atoms with Crippen LogP contribution in [0.4, 0.5) is 0 Å². The Morgan fingerprint density at radius 2 is 1.74 bits per heavy atom. The third-order valence-corrected chi connectivity index (χ3v) is 7.60. The summed E-state index contributed by atoms with van der Waals surface area (Å²) in [5.41, 5.74) is 0.873. The summed E-state index contributed by atoms with van der Waals surface area (Å²) in [6.45, 7) is 10.4. The standard InChI is InChI=1S/C20H28O3/c1-12(11-21)17-13(22)10-15-19(4)9-7-16(23)18(2,3)14(19)6-8-20(15,17)5/h11,14-15H,6-10H2,1-5H3/b17-12-/t14-,15-,19-,20-/m0/s1. The third kappa shape index (κ3) is 1.98. The first-order valence-corrected chi connectivity index (χ1v) is 8.82. The topological polar surface area (TPSA) is 51.2 Å². The molecule has 3 saturated carbocycles. The van der Waals surface area contributed by atoms with Crippen molar-refractivity contribution in [1.29, 1.82) is 0 Å². The summed E-state index contributed by atoms with van der Waals surface area (Å²) in [6, 6.07) is 0. The number of hydrogen-bond donors (Lipinski definition) is 0. The molecule has 3 rings (SSSR count). The minimum Gasteiger partial charge on any atom is -0.299 e. The first-order chi connectivity index (χ1) is 10.6. The number of allylic oxidation sites excluding steroid dienone is 2. The Morgan fingerprint density at radius 3 is 2.35 bits per heavy atom. The molecule has 0 unspecified atom stereocenters. The molecule has 0 aromatic heterocycles. The van der Waals surface area contributed by atoms with Crippen LogP contribution in [0.3, 0.4) is 0 Å². The van der Waals surface area contributed by atoms with Gasteiger partial charge >= 0.3 is 0 Å². The third-order valence-electron chi connectivity index (χ3n) is 7.60. The fourth-order valence-corrected chi connectivity index (χ4v) is 6.44. The van der Waals surface area contributed by atoms with Gasteiger partial charge in [0.25, 0.3) is 0 Å². The number of fused-ring (bicyclic) bond motifs is 3. The van der Waals surface area contributed by atoms with Gasteiger partial charge in [-0.3, -0.25) is 14.4 Å². The van der Waals surface area contributed by atoms with Gasteiger partial charge in [0.05, 0.1) is 0 Å². The molecule has 0 aromatic carbocycles. The lowest BCUT2D eigenvalue weighted by molar-refractivity contribution is -0.154. The maximum Gasteiger partial charge on any atom is 0.160 e. The van der Waals surface area contributed by atoms with E-state index < -0.39 is 0 Å². The van der Waals surface area contributed by atoms with E-state index in [-0.39, 0.29) is 27.9 Å². The van der Waals surface area contributed by atoms with Crippen LogP contribution in [-0.2, 0) is 14.4 Å². The number of aldehydes is 1. The average Bonchev–Trinajstić information content (AvgIpc) is 2.75. The molecule has 3 aliphatic carbocycles. The molecule has 0 aromatic rings. The molecule has 4 atom stereocenters. The molecule has 3 aliphatic rings. The van der Waals surface area contributed by atoms with Gasteiger partial charge in [-0.1, -0.05) is 27.7 Å². The zero-order valence-corrected chi connectivity index (χ0v) is 15.0. The van der Waals surface area contributed by atoms with E-state index in [2.05, 4.69) is 27.7 Å². The van der Waals surface area contributed by atoms with Gasteiger partial charge < -0.3 is 0 Å². The highest BCUT2D eigenvalue weighted by molar-refractivity contribution is 6.04. The van der Waals surface area contributed by atoms with Crippen LogP contribution in [0, 0.1) is 28.1 Å². The van der Waals surface area contributed by atoms with Gasteiger partial charge in [0.1, 0.15) is 12.1 Å². The zero-order chi connectivity index (χ0) is 17.2. The first kappa shape index (κ1) is 16.6. The molecule has 126 valence electrons. The van der Waals surface area contributed by atoms with Gasteiger partial charge in [0.15, 0.2) is 5.78 Å². The van der Waals surface area contributed by atoms with Crippen molar-refractivity contribution in [2.45, 2.75) is 66.7 Å². The Kier molecular flexibility index (Phi) is 3.52. The highest BCUT2D eigenvalue weighted by Crippen LogP contribution is 2.68. The maximum atomic E-state index is 12.7. The molecule has 0 spiro atoms. The van der Waals surface area contributed by atoms with Crippen LogP contribution in [0.25, 0.3) is 0 Å². The summed E-state index contributed by atoms with van der Waals surface area (Å²) in [4.78, 5) is 36.5. The van der Waals surface area contributed by atoms with Crippen LogP contribution >= 0.6 is 0 Å². The maximum absolute atomic E-state index is 12.7. The van der Waals surface area contributed by atoms with Crippen LogP contribution < -0.4 is 0 Å². The van der Waals surface area contributed by atoms with Crippen molar-refractivity contribution in [2.75, 3.05) is 0 Å². The Morgan fingerprint density at radius 1 is 1.09 bits per heavy atom. The Bertz CT molecular complexity index is 627. The second kappa shape index (κ2) is 4.87. The number of hydrogen-bond acceptors (Lipinski definition) is 3. The summed E-state index contributed by atoms with van der Waals surface area (Å²) in [7, 11) is 0. The van der Waals surface area contributed by atoms with Crippen molar-refractivity contribution in [2.24, 2.45) is 28.1 Å². The SMILES string of the molecule is C/C(C=O)=C1\C(=O)C[C@H]2[C@@]3(C)CCC(=O)C(C)(C)[C@@H]3CC[C@]12C. The molecule has 0 heterocycles. The quantitative estimate of drug-likeness (QED) is 0.544. The van der Waals surface area contributed by atoms with Crippen molar-refractivity contribution in [3.05, 3.63) is 11.1 Å². The minimum atomic E-state index is -0.302.